The van der Waals surface area contributed by atoms with E-state index in [0.29, 0.717) is 5.75 Å². The van der Waals surface area contributed by atoms with E-state index in [1.54, 1.807) is 37.2 Å². The van der Waals surface area contributed by atoms with Crippen molar-refractivity contribution < 1.29 is 19.4 Å². The van der Waals surface area contributed by atoms with Crippen molar-refractivity contribution in [1.82, 2.24) is 20.4 Å². The van der Waals surface area contributed by atoms with Gasteiger partial charge in [-0.1, -0.05) is 6.07 Å². The number of rotatable bonds is 2. The van der Waals surface area contributed by atoms with Crippen LogP contribution in [-0.2, 0) is 0 Å². The standard InChI is InChI=1S/C16H22N4O4/c1-8-12-13(9-5-6-10(21)11(7-9)24-4)19(2)16(23)18-14(12)20(3)15(22)17-8/h5-8,12-14,21H,1-4H3,(H,17,22)(H,18,23)/t8-,12-,13+,14-/m1/s1. The second kappa shape index (κ2) is 5.77. The molecular weight excluding hydrogens is 312 g/mol. The van der Waals surface area contributed by atoms with Crippen LogP contribution in [-0.4, -0.2) is 60.4 Å². The zero-order valence-corrected chi connectivity index (χ0v) is 14.1. The Balaban J connectivity index is 2.06. The Morgan fingerprint density at radius 3 is 2.46 bits per heavy atom. The molecule has 2 aliphatic rings. The van der Waals surface area contributed by atoms with Crippen LogP contribution < -0.4 is 15.4 Å². The van der Waals surface area contributed by atoms with E-state index in [9.17, 15) is 14.7 Å². The first-order chi connectivity index (χ1) is 11.3. The lowest BCUT2D eigenvalue weighted by Crippen LogP contribution is -2.71. The maximum atomic E-state index is 12.4. The van der Waals surface area contributed by atoms with Crippen LogP contribution in [0, 0.1) is 5.92 Å². The Morgan fingerprint density at radius 1 is 1.12 bits per heavy atom. The van der Waals surface area contributed by atoms with Gasteiger partial charge in [0.2, 0.25) is 0 Å². The van der Waals surface area contributed by atoms with Crippen LogP contribution in [0.15, 0.2) is 18.2 Å². The fourth-order valence-electron chi connectivity index (χ4n) is 3.63. The fraction of sp³-hybridized carbons (Fsp3) is 0.500. The SMILES string of the molecule is COc1cc([C@H]2[C@H]3[C@@H](C)NC(=O)N(C)[C@H]3NC(=O)N2C)ccc1O. The maximum Gasteiger partial charge on any atom is 0.319 e. The van der Waals surface area contributed by atoms with Gasteiger partial charge in [0.25, 0.3) is 0 Å². The van der Waals surface area contributed by atoms with E-state index in [1.807, 2.05) is 6.92 Å². The highest BCUT2D eigenvalue weighted by atomic mass is 16.5. The molecule has 0 aromatic heterocycles. The number of ether oxygens (including phenoxy) is 1. The number of urea groups is 2. The first kappa shape index (κ1) is 16.2. The number of benzene rings is 1. The quantitative estimate of drug-likeness (QED) is 0.754. The normalized spacial score (nSPS) is 29.7. The molecule has 130 valence electrons. The highest BCUT2D eigenvalue weighted by molar-refractivity contribution is 5.80. The lowest BCUT2D eigenvalue weighted by Gasteiger charge is -2.52. The first-order valence-corrected chi connectivity index (χ1v) is 7.78. The topological polar surface area (TPSA) is 94.1 Å². The summed E-state index contributed by atoms with van der Waals surface area (Å²) in [4.78, 5) is 27.6. The number of nitrogens with zero attached hydrogens (tertiary/aromatic N) is 2. The molecule has 8 heteroatoms. The lowest BCUT2D eigenvalue weighted by molar-refractivity contribution is 0.0247. The molecule has 2 saturated heterocycles. The van der Waals surface area contributed by atoms with Crippen molar-refractivity contribution in [2.75, 3.05) is 21.2 Å². The Morgan fingerprint density at radius 2 is 1.79 bits per heavy atom. The summed E-state index contributed by atoms with van der Waals surface area (Å²) >= 11 is 0. The van der Waals surface area contributed by atoms with Crippen molar-refractivity contribution in [3.8, 4) is 11.5 Å². The molecule has 1 aromatic carbocycles. The molecule has 0 spiro atoms. The highest BCUT2D eigenvalue weighted by Crippen LogP contribution is 2.40. The van der Waals surface area contributed by atoms with E-state index in [1.165, 1.54) is 12.0 Å². The summed E-state index contributed by atoms with van der Waals surface area (Å²) < 4.78 is 5.19. The summed E-state index contributed by atoms with van der Waals surface area (Å²) in [6.45, 7) is 1.93. The summed E-state index contributed by atoms with van der Waals surface area (Å²) in [5.74, 6) is 0.330. The monoisotopic (exact) mass is 334 g/mol. The molecule has 0 saturated carbocycles. The minimum atomic E-state index is -0.401. The van der Waals surface area contributed by atoms with Crippen LogP contribution in [0.25, 0.3) is 0 Å². The van der Waals surface area contributed by atoms with Gasteiger partial charge in [0.05, 0.1) is 13.2 Å². The van der Waals surface area contributed by atoms with Crippen molar-refractivity contribution in [3.05, 3.63) is 23.8 Å². The Bertz CT molecular complexity index is 680. The van der Waals surface area contributed by atoms with E-state index in [-0.39, 0.29) is 35.8 Å². The molecule has 0 bridgehead atoms. The Labute approximate surface area is 140 Å². The predicted octanol–water partition coefficient (Wildman–Crippen LogP) is 1.08. The minimum Gasteiger partial charge on any atom is -0.504 e. The van der Waals surface area contributed by atoms with Gasteiger partial charge in [0, 0.05) is 26.1 Å². The summed E-state index contributed by atoms with van der Waals surface area (Å²) in [7, 11) is 4.87. The van der Waals surface area contributed by atoms with Crippen molar-refractivity contribution in [3.63, 3.8) is 0 Å². The zero-order valence-electron chi connectivity index (χ0n) is 14.1. The van der Waals surface area contributed by atoms with Crippen molar-refractivity contribution >= 4 is 12.1 Å². The fourth-order valence-corrected chi connectivity index (χ4v) is 3.63. The summed E-state index contributed by atoms with van der Waals surface area (Å²) in [6.07, 6.45) is -0.401. The molecule has 3 N–H and O–H groups in total. The number of phenolic OH excluding ortho intramolecular Hbond substituents is 1. The number of methoxy groups -OCH3 is 1. The largest absolute Gasteiger partial charge is 0.504 e. The molecule has 24 heavy (non-hydrogen) atoms. The van der Waals surface area contributed by atoms with Gasteiger partial charge >= 0.3 is 12.1 Å². The van der Waals surface area contributed by atoms with E-state index in [2.05, 4.69) is 10.6 Å². The molecule has 1 aromatic rings. The van der Waals surface area contributed by atoms with E-state index in [4.69, 9.17) is 4.74 Å². The predicted molar refractivity (Wildman–Crippen MR) is 86.7 cm³/mol. The Kier molecular flexibility index (Phi) is 3.90. The number of fused-ring (bicyclic) bond motifs is 1. The molecule has 4 amide bonds. The lowest BCUT2D eigenvalue weighted by atomic mass is 9.81. The van der Waals surface area contributed by atoms with Crippen LogP contribution in [0.1, 0.15) is 18.5 Å². The molecule has 3 rings (SSSR count). The number of amides is 4. The molecule has 4 atom stereocenters. The van der Waals surface area contributed by atoms with Crippen molar-refractivity contribution in [1.29, 1.82) is 0 Å². The van der Waals surface area contributed by atoms with Crippen molar-refractivity contribution in [2.24, 2.45) is 5.92 Å². The number of phenols is 1. The summed E-state index contributed by atoms with van der Waals surface area (Å²) in [5, 5.41) is 15.7. The van der Waals surface area contributed by atoms with Crippen molar-refractivity contribution in [2.45, 2.75) is 25.2 Å². The number of carbonyl (C=O) groups excluding carboxylic acids is 2. The number of hydrogen-bond acceptors (Lipinski definition) is 4. The van der Waals surface area contributed by atoms with Gasteiger partial charge in [-0.05, 0) is 24.6 Å². The second-order valence-electron chi connectivity index (χ2n) is 6.31. The van der Waals surface area contributed by atoms with Gasteiger partial charge in [-0.15, -0.1) is 0 Å². The molecule has 2 heterocycles. The third-order valence-electron chi connectivity index (χ3n) is 4.95. The van der Waals surface area contributed by atoms with Crippen LogP contribution in [0.5, 0.6) is 11.5 Å². The number of hydrogen-bond donors (Lipinski definition) is 3. The first-order valence-electron chi connectivity index (χ1n) is 7.78. The van der Waals surface area contributed by atoms with Gasteiger partial charge in [0.15, 0.2) is 11.5 Å². The summed E-state index contributed by atoms with van der Waals surface area (Å²) in [5.41, 5.74) is 0.841. The van der Waals surface area contributed by atoms with Gasteiger partial charge in [-0.2, -0.15) is 0 Å². The van der Waals surface area contributed by atoms with Crippen LogP contribution in [0.4, 0.5) is 9.59 Å². The maximum absolute atomic E-state index is 12.4. The van der Waals surface area contributed by atoms with E-state index < -0.39 is 6.17 Å². The molecule has 2 fully saturated rings. The number of aromatic hydroxyl groups is 1. The van der Waals surface area contributed by atoms with Gasteiger partial charge in [0.1, 0.15) is 6.17 Å². The average molecular weight is 334 g/mol. The minimum absolute atomic E-state index is 0.0443. The molecule has 8 nitrogen and oxygen atoms in total. The number of nitrogens with one attached hydrogen (secondary N) is 2. The third-order valence-corrected chi connectivity index (χ3v) is 4.95. The molecular formula is C16H22N4O4. The second-order valence-corrected chi connectivity index (χ2v) is 6.31. The molecule has 0 aliphatic carbocycles. The number of carbonyl (C=O) groups is 2. The van der Waals surface area contributed by atoms with Gasteiger partial charge in [-0.25, -0.2) is 9.59 Å². The van der Waals surface area contributed by atoms with Gasteiger partial charge < -0.3 is 30.3 Å². The Hall–Kier alpha value is -2.64. The molecule has 0 radical (unpaired) electrons. The zero-order chi connectivity index (χ0) is 17.6. The van der Waals surface area contributed by atoms with E-state index >= 15 is 0 Å². The van der Waals surface area contributed by atoms with Gasteiger partial charge in [-0.3, -0.25) is 0 Å². The smallest absolute Gasteiger partial charge is 0.319 e. The average Bonchev–Trinajstić information content (AvgIpc) is 2.55. The summed E-state index contributed by atoms with van der Waals surface area (Å²) in [6, 6.07) is 4.20. The van der Waals surface area contributed by atoms with Crippen LogP contribution in [0.3, 0.4) is 0 Å². The highest BCUT2D eigenvalue weighted by Gasteiger charge is 2.49. The molecule has 0 unspecified atom stereocenters. The van der Waals surface area contributed by atoms with E-state index in [0.717, 1.165) is 5.56 Å². The van der Waals surface area contributed by atoms with Crippen LogP contribution in [0.2, 0.25) is 0 Å². The third kappa shape index (κ3) is 2.38. The molecule has 2 aliphatic heterocycles. The van der Waals surface area contributed by atoms with Crippen LogP contribution >= 0.6 is 0 Å².